The predicted octanol–water partition coefficient (Wildman–Crippen LogP) is 2.78. The van der Waals surface area contributed by atoms with Crippen LogP contribution in [0.15, 0.2) is 42.7 Å². The van der Waals surface area contributed by atoms with E-state index in [0.717, 1.165) is 21.7 Å². The Hall–Kier alpha value is -2.77. The first kappa shape index (κ1) is 16.1. The van der Waals surface area contributed by atoms with Crippen LogP contribution in [0.2, 0.25) is 0 Å². The second-order valence-corrected chi connectivity index (χ2v) is 5.29. The van der Waals surface area contributed by atoms with Crippen LogP contribution in [0, 0.1) is 5.21 Å². The summed E-state index contributed by atoms with van der Waals surface area (Å²) in [7, 11) is 1.38. The van der Waals surface area contributed by atoms with E-state index in [9.17, 15) is 18.4 Å². The van der Waals surface area contributed by atoms with Gasteiger partial charge in [-0.05, 0) is 30.0 Å². The monoisotopic (exact) mass is 337 g/mol. The normalized spacial score (nSPS) is 11.8. The van der Waals surface area contributed by atoms with Crippen molar-refractivity contribution in [1.29, 1.82) is 0 Å². The minimum absolute atomic E-state index is 0.233. The fraction of sp³-hybridized carbons (Fsp3) is 0.250. The molecule has 126 valence electrons. The minimum Gasteiger partial charge on any atom is -0.619 e. The fourth-order valence-electron chi connectivity index (χ4n) is 2.50. The van der Waals surface area contributed by atoms with Crippen molar-refractivity contribution in [3.05, 3.63) is 64.8 Å². The quantitative estimate of drug-likeness (QED) is 0.543. The molecular formula is C16H14F3N3O2. The second-order valence-electron chi connectivity index (χ2n) is 5.29. The van der Waals surface area contributed by atoms with Gasteiger partial charge in [-0.15, -0.1) is 0 Å². The Kier molecular flexibility index (Phi) is 4.04. The lowest BCUT2D eigenvalue weighted by Crippen LogP contribution is -2.23. The number of halogens is 3. The van der Waals surface area contributed by atoms with Gasteiger partial charge < -0.3 is 9.94 Å². The molecule has 0 aliphatic heterocycles. The first-order valence-corrected chi connectivity index (χ1v) is 7.19. The third-order valence-corrected chi connectivity index (χ3v) is 3.73. The van der Waals surface area contributed by atoms with Crippen molar-refractivity contribution >= 4 is 5.52 Å². The predicted molar refractivity (Wildman–Crippen MR) is 79.6 cm³/mol. The highest BCUT2D eigenvalue weighted by molar-refractivity contribution is 5.58. The molecule has 0 saturated carbocycles. The molecule has 3 aromatic heterocycles. The van der Waals surface area contributed by atoms with Gasteiger partial charge in [0, 0.05) is 18.2 Å². The fourth-order valence-corrected chi connectivity index (χ4v) is 2.50. The van der Waals surface area contributed by atoms with Gasteiger partial charge in [-0.3, -0.25) is 0 Å². The topological polar surface area (TPSA) is 53.5 Å². The number of hydrogen-bond donors (Lipinski definition) is 0. The summed E-state index contributed by atoms with van der Waals surface area (Å²) < 4.78 is 45.7. The number of hydrogen-bond acceptors (Lipinski definition) is 3. The van der Waals surface area contributed by atoms with Gasteiger partial charge in [0.2, 0.25) is 5.88 Å². The molecule has 0 N–H and O–H groups in total. The Balaban J connectivity index is 1.95. The molecule has 0 spiro atoms. The van der Waals surface area contributed by atoms with Crippen LogP contribution < -0.4 is 9.47 Å². The molecule has 3 heterocycles. The van der Waals surface area contributed by atoms with Gasteiger partial charge in [0.25, 0.3) is 0 Å². The molecule has 3 rings (SSSR count). The first-order chi connectivity index (χ1) is 11.4. The highest BCUT2D eigenvalue weighted by atomic mass is 19.4. The number of aromatic nitrogens is 3. The molecule has 0 fully saturated rings. The number of ether oxygens (including phenoxy) is 1. The van der Waals surface area contributed by atoms with Crippen LogP contribution in [0.25, 0.3) is 5.52 Å². The van der Waals surface area contributed by atoms with Crippen molar-refractivity contribution in [2.24, 2.45) is 0 Å². The summed E-state index contributed by atoms with van der Waals surface area (Å²) in [6.45, 7) is 0. The summed E-state index contributed by atoms with van der Waals surface area (Å²) in [5.41, 5.74) is 1.04. The van der Waals surface area contributed by atoms with Gasteiger partial charge in [0.1, 0.15) is 0 Å². The van der Waals surface area contributed by atoms with E-state index in [1.165, 1.54) is 19.5 Å². The highest BCUT2D eigenvalue weighted by Gasteiger charge is 2.34. The van der Waals surface area contributed by atoms with Crippen molar-refractivity contribution in [1.82, 2.24) is 9.61 Å². The second kappa shape index (κ2) is 6.03. The first-order valence-electron chi connectivity index (χ1n) is 7.19. The Bertz CT molecular complexity index is 857. The molecule has 0 saturated heterocycles. The van der Waals surface area contributed by atoms with Crippen LogP contribution in [-0.4, -0.2) is 16.7 Å². The molecule has 3 aromatic rings. The van der Waals surface area contributed by atoms with Gasteiger partial charge in [-0.1, -0.05) is 6.07 Å². The number of alkyl halides is 3. The Morgan fingerprint density at radius 1 is 1.17 bits per heavy atom. The van der Waals surface area contributed by atoms with Crippen molar-refractivity contribution in [3.63, 3.8) is 0 Å². The Morgan fingerprint density at radius 2 is 1.88 bits per heavy atom. The lowest BCUT2D eigenvalue weighted by Gasteiger charge is -2.08. The van der Waals surface area contributed by atoms with Gasteiger partial charge in [0.15, 0.2) is 18.1 Å². The molecule has 0 atom stereocenters. The van der Waals surface area contributed by atoms with Crippen molar-refractivity contribution in [2.75, 3.05) is 7.11 Å². The van der Waals surface area contributed by atoms with Crippen LogP contribution in [0.4, 0.5) is 13.2 Å². The third-order valence-electron chi connectivity index (χ3n) is 3.73. The van der Waals surface area contributed by atoms with E-state index in [4.69, 9.17) is 4.74 Å². The van der Waals surface area contributed by atoms with Gasteiger partial charge in [-0.2, -0.15) is 23.0 Å². The summed E-state index contributed by atoms with van der Waals surface area (Å²) in [6, 6.07) is 7.71. The average molecular weight is 337 g/mol. The maximum absolute atomic E-state index is 12.9. The minimum atomic E-state index is -4.52. The average Bonchev–Trinajstić information content (AvgIpc) is 3.00. The maximum Gasteiger partial charge on any atom is 0.435 e. The van der Waals surface area contributed by atoms with E-state index >= 15 is 0 Å². The lowest BCUT2D eigenvalue weighted by atomic mass is 10.1. The van der Waals surface area contributed by atoms with Crippen LogP contribution in [0.1, 0.15) is 16.8 Å². The molecule has 0 aliphatic carbocycles. The van der Waals surface area contributed by atoms with E-state index in [0.29, 0.717) is 23.1 Å². The van der Waals surface area contributed by atoms with Crippen LogP contribution in [0.5, 0.6) is 5.88 Å². The summed E-state index contributed by atoms with van der Waals surface area (Å²) in [5, 5.41) is 14.6. The zero-order chi connectivity index (χ0) is 17.3. The summed E-state index contributed by atoms with van der Waals surface area (Å²) in [5.74, 6) is 0.233. The smallest absolute Gasteiger partial charge is 0.435 e. The summed E-state index contributed by atoms with van der Waals surface area (Å²) in [6.07, 6.45) is -0.636. The van der Waals surface area contributed by atoms with Crippen LogP contribution in [0.3, 0.4) is 0 Å². The number of aryl methyl sites for hydroxylation is 2. The summed E-state index contributed by atoms with van der Waals surface area (Å²) >= 11 is 0. The number of pyridine rings is 2. The molecule has 0 aliphatic rings. The molecule has 24 heavy (non-hydrogen) atoms. The van der Waals surface area contributed by atoms with Gasteiger partial charge in [0.05, 0.1) is 12.6 Å². The summed E-state index contributed by atoms with van der Waals surface area (Å²) in [4.78, 5) is 0. The van der Waals surface area contributed by atoms with E-state index in [1.807, 2.05) is 0 Å². The van der Waals surface area contributed by atoms with Gasteiger partial charge >= 0.3 is 6.18 Å². The largest absolute Gasteiger partial charge is 0.619 e. The Morgan fingerprint density at radius 3 is 2.50 bits per heavy atom. The number of rotatable bonds is 4. The van der Waals surface area contributed by atoms with Crippen molar-refractivity contribution in [2.45, 2.75) is 19.0 Å². The van der Waals surface area contributed by atoms with E-state index in [1.54, 1.807) is 24.3 Å². The third kappa shape index (κ3) is 3.12. The molecule has 0 unspecified atom stereocenters. The van der Waals surface area contributed by atoms with E-state index < -0.39 is 11.9 Å². The Labute approximate surface area is 135 Å². The molecule has 0 radical (unpaired) electrons. The maximum atomic E-state index is 12.9. The number of fused-ring (bicyclic) bond motifs is 1. The number of nitrogens with zero attached hydrogens (tertiary/aromatic N) is 3. The van der Waals surface area contributed by atoms with E-state index in [2.05, 4.69) is 5.10 Å². The number of methoxy groups -OCH3 is 1. The molecule has 0 aromatic carbocycles. The van der Waals surface area contributed by atoms with Crippen LogP contribution in [-0.2, 0) is 19.0 Å². The van der Waals surface area contributed by atoms with Gasteiger partial charge in [-0.25, -0.2) is 4.52 Å². The SMILES string of the molecule is COc1ccc(CCc2cc[n+]([O-])cc2)c2cc(C(F)(F)F)nn12. The van der Waals surface area contributed by atoms with Crippen molar-refractivity contribution in [3.8, 4) is 5.88 Å². The van der Waals surface area contributed by atoms with Crippen LogP contribution >= 0.6 is 0 Å². The van der Waals surface area contributed by atoms with Crippen molar-refractivity contribution < 1.29 is 22.6 Å². The zero-order valence-electron chi connectivity index (χ0n) is 12.7. The standard InChI is InChI=1S/C16H14F3N3O2/c1-24-15-5-4-12(3-2-11-6-8-21(23)9-7-11)13-10-14(16(17,18)19)20-22(13)15/h4-10H,2-3H2,1H3. The molecule has 0 amide bonds. The zero-order valence-corrected chi connectivity index (χ0v) is 12.7. The molecule has 5 nitrogen and oxygen atoms in total. The van der Waals surface area contributed by atoms with E-state index in [-0.39, 0.29) is 5.88 Å². The highest BCUT2D eigenvalue weighted by Crippen LogP contribution is 2.31. The molecule has 0 bridgehead atoms. The molecule has 8 heteroatoms. The lowest BCUT2D eigenvalue weighted by molar-refractivity contribution is -0.605. The molecular weight excluding hydrogens is 323 g/mol.